The summed E-state index contributed by atoms with van der Waals surface area (Å²) >= 11 is 8.30. The van der Waals surface area contributed by atoms with Crippen LogP contribution in [0.4, 0.5) is 11.6 Å². The molecule has 2 aromatic heterocycles. The molecule has 0 aliphatic carbocycles. The minimum absolute atomic E-state index is 0.0412. The minimum atomic E-state index is 0.0412. The van der Waals surface area contributed by atoms with Crippen molar-refractivity contribution in [2.45, 2.75) is 17.7 Å². The molecule has 5 aromatic rings. The predicted molar refractivity (Wildman–Crippen MR) is 164 cm³/mol. The first-order chi connectivity index (χ1) is 19.5. The molecule has 40 heavy (non-hydrogen) atoms. The third-order valence-electron chi connectivity index (χ3n) is 7.14. The Morgan fingerprint density at radius 2 is 1.82 bits per heavy atom. The summed E-state index contributed by atoms with van der Waals surface area (Å²) in [6.45, 7) is 2.10. The van der Waals surface area contributed by atoms with Crippen LogP contribution < -0.4 is 11.1 Å². The van der Waals surface area contributed by atoms with Crippen molar-refractivity contribution in [3.8, 4) is 11.3 Å². The van der Waals surface area contributed by atoms with Gasteiger partial charge in [-0.15, -0.1) is 0 Å². The largest absolute Gasteiger partial charge is 0.399 e. The van der Waals surface area contributed by atoms with Crippen LogP contribution in [0.25, 0.3) is 22.2 Å². The van der Waals surface area contributed by atoms with Crippen LogP contribution in [-0.2, 0) is 0 Å². The Morgan fingerprint density at radius 3 is 2.65 bits per heavy atom. The second-order valence-electron chi connectivity index (χ2n) is 9.94. The lowest BCUT2D eigenvalue weighted by Crippen LogP contribution is -2.41. The average molecular weight is 569 g/mol. The second-order valence-corrected chi connectivity index (χ2v) is 11.4. The van der Waals surface area contributed by atoms with Gasteiger partial charge in [0.2, 0.25) is 5.95 Å². The van der Waals surface area contributed by atoms with Gasteiger partial charge in [0.25, 0.3) is 5.91 Å². The molecule has 3 aromatic carbocycles. The molecule has 1 unspecified atom stereocenters. The van der Waals surface area contributed by atoms with Crippen LogP contribution in [0.3, 0.4) is 0 Å². The number of likely N-dealkylation sites (tertiary alicyclic amines) is 1. The summed E-state index contributed by atoms with van der Waals surface area (Å²) < 4.78 is 2.15. The van der Waals surface area contributed by atoms with E-state index in [9.17, 15) is 4.79 Å². The van der Waals surface area contributed by atoms with Gasteiger partial charge in [-0.25, -0.2) is 9.97 Å². The smallest absolute Gasteiger partial charge is 0.253 e. The number of hydrogen-bond acceptors (Lipinski definition) is 6. The first-order valence-corrected chi connectivity index (χ1v) is 14.5. The molecular weight excluding hydrogens is 540 g/mol. The fourth-order valence-electron chi connectivity index (χ4n) is 5.11. The maximum absolute atomic E-state index is 13.0. The topological polar surface area (TPSA) is 89.1 Å². The molecule has 1 aliphatic rings. The molecule has 3 N–H and O–H groups in total. The van der Waals surface area contributed by atoms with Crippen molar-refractivity contribution in [3.05, 3.63) is 102 Å². The molecule has 3 heterocycles. The molecule has 0 bridgehead atoms. The zero-order valence-corrected chi connectivity index (χ0v) is 23.4. The lowest BCUT2D eigenvalue weighted by atomic mass is 9.97. The number of piperidine rings is 1. The molecule has 7 nitrogen and oxygen atoms in total. The van der Waals surface area contributed by atoms with E-state index in [1.165, 1.54) is 0 Å². The number of nitrogen functional groups attached to an aromatic ring is 1. The fraction of sp³-hybridized carbons (Fsp3) is 0.194. The monoisotopic (exact) mass is 568 g/mol. The number of fused-ring (bicyclic) bond motifs is 1. The predicted octanol–water partition coefficient (Wildman–Crippen LogP) is 6.85. The van der Waals surface area contributed by atoms with Crippen LogP contribution in [0.5, 0.6) is 0 Å². The van der Waals surface area contributed by atoms with E-state index in [1.807, 2.05) is 35.2 Å². The molecule has 1 atom stereocenters. The van der Waals surface area contributed by atoms with Crippen LogP contribution in [-0.4, -0.2) is 44.4 Å². The Bertz CT molecular complexity index is 1640. The molecule has 202 valence electrons. The first-order valence-electron chi connectivity index (χ1n) is 13.3. The third kappa shape index (κ3) is 5.64. The van der Waals surface area contributed by atoms with Crippen LogP contribution >= 0.6 is 23.5 Å². The number of halogens is 1. The van der Waals surface area contributed by atoms with Crippen molar-refractivity contribution in [2.24, 2.45) is 5.92 Å². The van der Waals surface area contributed by atoms with E-state index in [0.717, 1.165) is 40.7 Å². The van der Waals surface area contributed by atoms with E-state index < -0.39 is 0 Å². The number of hydrogen-bond donors (Lipinski definition) is 2. The van der Waals surface area contributed by atoms with Crippen molar-refractivity contribution >= 4 is 52.0 Å². The number of nitrogens with one attached hydrogen (secondary N) is 1. The molecule has 9 heteroatoms. The zero-order valence-electron chi connectivity index (χ0n) is 21.8. The van der Waals surface area contributed by atoms with Gasteiger partial charge in [-0.1, -0.05) is 48.0 Å². The van der Waals surface area contributed by atoms with E-state index in [2.05, 4.69) is 44.7 Å². The van der Waals surface area contributed by atoms with Crippen LogP contribution in [0.1, 0.15) is 23.2 Å². The summed E-state index contributed by atoms with van der Waals surface area (Å²) in [4.78, 5) is 25.4. The highest BCUT2D eigenvalue weighted by Gasteiger charge is 2.25. The molecule has 1 saturated heterocycles. The van der Waals surface area contributed by atoms with Gasteiger partial charge in [0.15, 0.2) is 0 Å². The Balaban J connectivity index is 1.19. The summed E-state index contributed by atoms with van der Waals surface area (Å²) in [6, 6.07) is 25.6. The van der Waals surface area contributed by atoms with Crippen molar-refractivity contribution in [3.63, 3.8) is 0 Å². The highest BCUT2D eigenvalue weighted by molar-refractivity contribution is 7.98. The lowest BCUT2D eigenvalue weighted by molar-refractivity contribution is 0.0680. The third-order valence-corrected chi connectivity index (χ3v) is 8.40. The van der Waals surface area contributed by atoms with E-state index in [1.54, 1.807) is 42.4 Å². The summed E-state index contributed by atoms with van der Waals surface area (Å²) in [5.41, 5.74) is 9.82. The Hall–Kier alpha value is -4.01. The maximum atomic E-state index is 13.0. The van der Waals surface area contributed by atoms with Crippen molar-refractivity contribution in [2.75, 3.05) is 30.7 Å². The van der Waals surface area contributed by atoms with Crippen molar-refractivity contribution < 1.29 is 4.79 Å². The second kappa shape index (κ2) is 11.6. The van der Waals surface area contributed by atoms with E-state index >= 15 is 0 Å². The molecule has 1 fully saturated rings. The number of nitrogens with zero attached hydrogens (tertiary/aromatic N) is 4. The van der Waals surface area contributed by atoms with Gasteiger partial charge in [0, 0.05) is 52.9 Å². The molecule has 1 aliphatic heterocycles. The number of nitrogens with two attached hydrogens (primary N) is 1. The van der Waals surface area contributed by atoms with Gasteiger partial charge >= 0.3 is 0 Å². The minimum Gasteiger partial charge on any atom is -0.399 e. The summed E-state index contributed by atoms with van der Waals surface area (Å²) in [5, 5.41) is 4.97. The number of amides is 1. The molecule has 1 amide bonds. The van der Waals surface area contributed by atoms with Crippen molar-refractivity contribution in [1.29, 1.82) is 0 Å². The van der Waals surface area contributed by atoms with Gasteiger partial charge in [-0.3, -0.25) is 8.77 Å². The molecule has 0 spiro atoms. The van der Waals surface area contributed by atoms with Gasteiger partial charge in [0.1, 0.15) is 0 Å². The maximum Gasteiger partial charge on any atom is 0.253 e. The van der Waals surface area contributed by atoms with Crippen LogP contribution in [0, 0.1) is 5.92 Å². The number of rotatable bonds is 7. The number of carbonyl (C=O) groups is 1. The Labute approximate surface area is 242 Å². The lowest BCUT2D eigenvalue weighted by Gasteiger charge is -2.33. The number of anilines is 2. The van der Waals surface area contributed by atoms with E-state index in [-0.39, 0.29) is 5.91 Å². The summed E-state index contributed by atoms with van der Waals surface area (Å²) in [6.07, 6.45) is 5.73. The highest BCUT2D eigenvalue weighted by Crippen LogP contribution is 2.37. The quantitative estimate of drug-likeness (QED) is 0.209. The van der Waals surface area contributed by atoms with Gasteiger partial charge in [-0.05, 0) is 73.2 Å². The average Bonchev–Trinajstić information content (AvgIpc) is 3.35. The molecule has 6 rings (SSSR count). The van der Waals surface area contributed by atoms with Crippen LogP contribution in [0.15, 0.2) is 96.2 Å². The number of aromatic nitrogens is 3. The Morgan fingerprint density at radius 1 is 1.05 bits per heavy atom. The fourth-order valence-corrected chi connectivity index (χ4v) is 6.22. The van der Waals surface area contributed by atoms with E-state index in [4.69, 9.17) is 22.3 Å². The van der Waals surface area contributed by atoms with E-state index in [0.29, 0.717) is 46.9 Å². The van der Waals surface area contributed by atoms with Crippen molar-refractivity contribution in [1.82, 2.24) is 18.8 Å². The molecule has 0 radical (unpaired) electrons. The highest BCUT2D eigenvalue weighted by atomic mass is 35.5. The zero-order chi connectivity index (χ0) is 27.5. The number of benzene rings is 3. The van der Waals surface area contributed by atoms with Gasteiger partial charge in [0.05, 0.1) is 22.4 Å². The van der Waals surface area contributed by atoms with Gasteiger partial charge in [-0.2, -0.15) is 0 Å². The first kappa shape index (κ1) is 26.2. The van der Waals surface area contributed by atoms with Crippen LogP contribution in [0.2, 0.25) is 5.02 Å². The van der Waals surface area contributed by atoms with Gasteiger partial charge < -0.3 is 16.0 Å². The Kier molecular flexibility index (Phi) is 7.62. The number of carbonyl (C=O) groups excluding carboxylic acids is 1. The molecule has 0 saturated carbocycles. The summed E-state index contributed by atoms with van der Waals surface area (Å²) in [5.74, 6) is 0.854. The number of para-hydroxylation sites is 1. The normalized spacial score (nSPS) is 15.3. The molecular formula is C31H29ClN6OS. The summed E-state index contributed by atoms with van der Waals surface area (Å²) in [7, 11) is 0. The standard InChI is InChI=1S/C31H29ClN6OS/c32-27-18-35-31(34-17-21-7-6-16-37(19-21)30(39)22-12-14-23(33)15-13-22)36-29(27)26-20-38(28-11-5-4-10-25(26)28)40-24-8-2-1-3-9-24/h1-5,8-15,18,20-21H,6-7,16-17,19,33H2,(H,34,35,36). The SMILES string of the molecule is Nc1ccc(C(=O)N2CCCC(CNc3ncc(Cl)c(-c4cn(Sc5ccccc5)c5ccccc45)n3)C2)cc1.